The molecule has 0 amide bonds. The van der Waals surface area contributed by atoms with E-state index in [2.05, 4.69) is 9.05 Å². The van der Waals surface area contributed by atoms with Crippen LogP contribution in [0.25, 0.3) is 0 Å². The van der Waals surface area contributed by atoms with Crippen molar-refractivity contribution in [1.82, 2.24) is 0 Å². The first kappa shape index (κ1) is 21.5. The summed E-state index contributed by atoms with van der Waals surface area (Å²) in [5.74, 6) is 0.455. The zero-order valence-electron chi connectivity index (χ0n) is 15.2. The maximum Gasteiger partial charge on any atom is 0.402 e. The Kier molecular flexibility index (Phi) is 7.50. The quantitative estimate of drug-likeness (QED) is 0.558. The Hall–Kier alpha value is -1.79. The summed E-state index contributed by atoms with van der Waals surface area (Å²) in [7, 11) is -4.82. The van der Waals surface area contributed by atoms with Crippen LogP contribution < -0.4 is 4.74 Å². The Morgan fingerprint density at radius 2 is 1.56 bits per heavy atom. The maximum atomic E-state index is 14.6. The van der Waals surface area contributed by atoms with Crippen molar-refractivity contribution < 1.29 is 32.2 Å². The highest BCUT2D eigenvalue weighted by molar-refractivity contribution is 7.55. The lowest BCUT2D eigenvalue weighted by atomic mass is 10.1. The molecule has 0 aromatic heterocycles. The largest absolute Gasteiger partial charge is 0.489 e. The number of ether oxygens (including phenoxy) is 1. The number of rotatable bonds is 10. The summed E-state index contributed by atoms with van der Waals surface area (Å²) in [5.41, 5.74) is -3.25. The number of halogens is 2. The molecule has 0 saturated heterocycles. The summed E-state index contributed by atoms with van der Waals surface area (Å²) in [4.78, 5) is 0. The molecule has 1 N–H and O–H groups in total. The lowest BCUT2D eigenvalue weighted by Crippen LogP contribution is -2.28. The first-order valence-electron chi connectivity index (χ1n) is 8.55. The first-order chi connectivity index (χ1) is 12.8. The van der Waals surface area contributed by atoms with Gasteiger partial charge in [0.2, 0.25) is 0 Å². The summed E-state index contributed by atoms with van der Waals surface area (Å²) in [6.07, 6.45) is -2.34. The van der Waals surface area contributed by atoms with Crippen LogP contribution in [-0.2, 0) is 20.2 Å². The van der Waals surface area contributed by atoms with Crippen molar-refractivity contribution in [1.29, 1.82) is 0 Å². The van der Waals surface area contributed by atoms with E-state index < -0.39 is 19.4 Å². The van der Waals surface area contributed by atoms with Gasteiger partial charge in [-0.15, -0.1) is 0 Å². The minimum absolute atomic E-state index is 0.119. The first-order valence-corrected chi connectivity index (χ1v) is 10.1. The number of hydrogen-bond acceptors (Lipinski definition) is 5. The van der Waals surface area contributed by atoms with Crippen LogP contribution in [0.4, 0.5) is 8.78 Å². The molecule has 27 heavy (non-hydrogen) atoms. The van der Waals surface area contributed by atoms with E-state index in [9.17, 15) is 18.5 Å². The van der Waals surface area contributed by atoms with Crippen LogP contribution >= 0.6 is 7.60 Å². The van der Waals surface area contributed by atoms with Gasteiger partial charge in [0.25, 0.3) is 0 Å². The fraction of sp³-hybridized carbons (Fsp3) is 0.368. The monoisotopic (exact) mass is 400 g/mol. The van der Waals surface area contributed by atoms with Crippen molar-refractivity contribution in [3.63, 3.8) is 0 Å². The molecule has 2 aromatic rings. The molecule has 2 aromatic carbocycles. The topological polar surface area (TPSA) is 65.0 Å². The van der Waals surface area contributed by atoms with Gasteiger partial charge in [0.1, 0.15) is 12.4 Å². The molecular formula is C19H23F2O5P. The van der Waals surface area contributed by atoms with E-state index >= 15 is 0 Å². The minimum atomic E-state index is -4.82. The fourth-order valence-electron chi connectivity index (χ4n) is 2.39. The summed E-state index contributed by atoms with van der Waals surface area (Å²) in [6.45, 7) is 2.71. The molecule has 0 bridgehead atoms. The molecule has 0 heterocycles. The van der Waals surface area contributed by atoms with Gasteiger partial charge in [-0.3, -0.25) is 4.57 Å². The SMILES string of the molecule is CCOP(=O)(OCC)C(F)(F)C(O)c1ccc(OCc2ccccc2)cc1. The molecule has 0 aliphatic rings. The zero-order valence-corrected chi connectivity index (χ0v) is 16.1. The molecule has 1 unspecified atom stereocenters. The second-order valence-electron chi connectivity index (χ2n) is 5.67. The summed E-state index contributed by atoms with van der Waals surface area (Å²) in [6, 6.07) is 15.0. The van der Waals surface area contributed by atoms with Crippen LogP contribution in [0.5, 0.6) is 5.75 Å². The third kappa shape index (κ3) is 5.14. The molecule has 148 valence electrons. The summed E-state index contributed by atoms with van der Waals surface area (Å²) < 4.78 is 56.6. The molecule has 5 nitrogen and oxygen atoms in total. The van der Waals surface area contributed by atoms with Gasteiger partial charge in [0.15, 0.2) is 6.10 Å². The van der Waals surface area contributed by atoms with Gasteiger partial charge in [-0.05, 0) is 37.1 Å². The van der Waals surface area contributed by atoms with Crippen molar-refractivity contribution >= 4 is 7.60 Å². The second kappa shape index (κ2) is 9.42. The lowest BCUT2D eigenvalue weighted by molar-refractivity contribution is -0.0676. The Balaban J connectivity index is 2.11. The third-order valence-electron chi connectivity index (χ3n) is 3.74. The maximum absolute atomic E-state index is 14.6. The summed E-state index contributed by atoms with van der Waals surface area (Å²) in [5, 5.41) is 10.1. The van der Waals surface area contributed by atoms with Crippen LogP contribution in [-0.4, -0.2) is 24.0 Å². The third-order valence-corrected chi connectivity index (χ3v) is 5.91. The van der Waals surface area contributed by atoms with Crippen LogP contribution in [0.15, 0.2) is 54.6 Å². The van der Waals surface area contributed by atoms with Crippen molar-refractivity contribution in [2.75, 3.05) is 13.2 Å². The van der Waals surface area contributed by atoms with Gasteiger partial charge in [-0.2, -0.15) is 8.78 Å². The standard InChI is InChI=1S/C19H23F2O5P/c1-3-25-27(23,26-4-2)19(20,21)18(22)16-10-12-17(13-11-16)24-14-15-8-6-5-7-9-15/h5-13,18,22H,3-4,14H2,1-2H3. The molecule has 0 aliphatic heterocycles. The highest BCUT2D eigenvalue weighted by atomic mass is 31.2. The minimum Gasteiger partial charge on any atom is -0.489 e. The average molecular weight is 400 g/mol. The van der Waals surface area contributed by atoms with E-state index in [1.54, 1.807) is 0 Å². The van der Waals surface area contributed by atoms with E-state index in [1.165, 1.54) is 38.1 Å². The number of aliphatic hydroxyl groups is 1. The fourth-order valence-corrected chi connectivity index (χ4v) is 3.93. The van der Waals surface area contributed by atoms with Gasteiger partial charge in [-0.1, -0.05) is 42.5 Å². The van der Waals surface area contributed by atoms with E-state index in [0.29, 0.717) is 12.4 Å². The molecule has 0 spiro atoms. The number of aliphatic hydroxyl groups excluding tert-OH is 1. The van der Waals surface area contributed by atoms with Crippen molar-refractivity contribution in [2.45, 2.75) is 32.2 Å². The van der Waals surface area contributed by atoms with E-state index in [4.69, 9.17) is 4.74 Å². The van der Waals surface area contributed by atoms with Gasteiger partial charge in [0.05, 0.1) is 13.2 Å². The smallest absolute Gasteiger partial charge is 0.402 e. The van der Waals surface area contributed by atoms with Crippen molar-refractivity contribution in [3.8, 4) is 5.75 Å². The average Bonchev–Trinajstić information content (AvgIpc) is 2.67. The lowest BCUT2D eigenvalue weighted by Gasteiger charge is -2.29. The predicted octanol–water partition coefficient (Wildman–Crippen LogP) is 5.16. The van der Waals surface area contributed by atoms with Gasteiger partial charge in [0, 0.05) is 0 Å². The van der Waals surface area contributed by atoms with Gasteiger partial charge in [-0.25, -0.2) is 0 Å². The Labute approximate surface area is 157 Å². The van der Waals surface area contributed by atoms with E-state index in [-0.39, 0.29) is 18.8 Å². The Morgan fingerprint density at radius 3 is 2.07 bits per heavy atom. The number of alkyl halides is 2. The van der Waals surface area contributed by atoms with Crippen LogP contribution in [0, 0.1) is 0 Å². The molecule has 0 radical (unpaired) electrons. The van der Waals surface area contributed by atoms with E-state index in [0.717, 1.165) is 5.56 Å². The highest BCUT2D eigenvalue weighted by Crippen LogP contribution is 2.66. The van der Waals surface area contributed by atoms with Crippen molar-refractivity contribution in [3.05, 3.63) is 65.7 Å². The second-order valence-corrected chi connectivity index (χ2v) is 7.77. The van der Waals surface area contributed by atoms with Crippen LogP contribution in [0.2, 0.25) is 0 Å². The molecular weight excluding hydrogens is 377 g/mol. The van der Waals surface area contributed by atoms with Gasteiger partial charge < -0.3 is 18.9 Å². The molecule has 8 heteroatoms. The molecule has 0 fully saturated rings. The Bertz CT molecular complexity index is 742. The molecule has 1 atom stereocenters. The number of benzene rings is 2. The van der Waals surface area contributed by atoms with E-state index in [1.807, 2.05) is 30.3 Å². The van der Waals surface area contributed by atoms with Crippen molar-refractivity contribution in [2.24, 2.45) is 0 Å². The predicted molar refractivity (Wildman–Crippen MR) is 98.0 cm³/mol. The number of hydrogen-bond donors (Lipinski definition) is 1. The molecule has 0 saturated carbocycles. The summed E-state index contributed by atoms with van der Waals surface area (Å²) >= 11 is 0. The van der Waals surface area contributed by atoms with Crippen LogP contribution in [0.3, 0.4) is 0 Å². The molecule has 2 rings (SSSR count). The molecule has 0 aliphatic carbocycles. The highest BCUT2D eigenvalue weighted by Gasteiger charge is 2.59. The van der Waals surface area contributed by atoms with Crippen LogP contribution in [0.1, 0.15) is 31.1 Å². The van der Waals surface area contributed by atoms with Gasteiger partial charge >= 0.3 is 13.3 Å². The Morgan fingerprint density at radius 1 is 1.00 bits per heavy atom. The zero-order chi connectivity index (χ0) is 19.9. The normalized spacial score (nSPS) is 13.4.